The van der Waals surface area contributed by atoms with Crippen molar-refractivity contribution >= 4 is 35.1 Å². The van der Waals surface area contributed by atoms with Crippen LogP contribution in [0.2, 0.25) is 0 Å². The summed E-state index contributed by atoms with van der Waals surface area (Å²) in [6, 6.07) is 3.82. The molecule has 3 N–H and O–H groups in total. The molecule has 2 fully saturated rings. The fourth-order valence-corrected chi connectivity index (χ4v) is 4.21. The monoisotopic (exact) mass is 436 g/mol. The van der Waals surface area contributed by atoms with Gasteiger partial charge >= 0.3 is 6.03 Å². The summed E-state index contributed by atoms with van der Waals surface area (Å²) in [5.41, 5.74) is 9.15. The molecule has 32 heavy (non-hydrogen) atoms. The second kappa shape index (κ2) is 7.81. The van der Waals surface area contributed by atoms with Gasteiger partial charge in [-0.3, -0.25) is 0 Å². The maximum atomic E-state index is 13.0. The van der Waals surface area contributed by atoms with Gasteiger partial charge < -0.3 is 25.8 Å². The molecule has 0 aliphatic carbocycles. The summed E-state index contributed by atoms with van der Waals surface area (Å²) in [6.07, 6.45) is 2.96. The number of nitrogens with one attached hydrogen (secondary N) is 1. The van der Waals surface area contributed by atoms with Gasteiger partial charge in [0.2, 0.25) is 11.9 Å². The number of nitrogen functional groups attached to an aromatic ring is 1. The lowest BCUT2D eigenvalue weighted by Gasteiger charge is -2.40. The standard InChI is InChI=1S/C21H28N10O/c1-13-11-23-31-18(13)26-19(22)27-20(31)30-10-9-29(12-14(30)2)21(32)25-16-5-6-17(24-15(16)3)28-7-4-8-28/h5-6,11,14H,4,7-10,12H2,1-3H3,(H2,22,26)(H,25,32)/t14-/m0/s1. The number of pyridine rings is 1. The number of carbonyl (C=O) groups excluding carboxylic acids is 1. The van der Waals surface area contributed by atoms with Crippen LogP contribution >= 0.6 is 0 Å². The minimum absolute atomic E-state index is 0.0320. The zero-order valence-electron chi connectivity index (χ0n) is 18.6. The predicted octanol–water partition coefficient (Wildman–Crippen LogP) is 1.67. The van der Waals surface area contributed by atoms with E-state index in [4.69, 9.17) is 5.73 Å². The lowest BCUT2D eigenvalue weighted by atomic mass is 10.2. The predicted molar refractivity (Wildman–Crippen MR) is 123 cm³/mol. The van der Waals surface area contributed by atoms with E-state index in [2.05, 4.69) is 42.1 Å². The third-order valence-electron chi connectivity index (χ3n) is 6.21. The Morgan fingerprint density at radius 3 is 2.62 bits per heavy atom. The molecule has 0 spiro atoms. The summed E-state index contributed by atoms with van der Waals surface area (Å²) >= 11 is 0. The van der Waals surface area contributed by atoms with Gasteiger partial charge in [-0.1, -0.05) is 0 Å². The van der Waals surface area contributed by atoms with Crippen molar-refractivity contribution in [2.75, 3.05) is 53.6 Å². The molecule has 1 atom stereocenters. The van der Waals surface area contributed by atoms with Gasteiger partial charge in [0, 0.05) is 44.3 Å². The van der Waals surface area contributed by atoms with Crippen LogP contribution in [0.4, 0.5) is 28.2 Å². The molecule has 0 radical (unpaired) electrons. The van der Waals surface area contributed by atoms with Crippen molar-refractivity contribution in [2.24, 2.45) is 0 Å². The molecule has 0 saturated carbocycles. The van der Waals surface area contributed by atoms with Gasteiger partial charge in [0.1, 0.15) is 5.82 Å². The summed E-state index contributed by atoms with van der Waals surface area (Å²) in [7, 11) is 0. The average Bonchev–Trinajstić information content (AvgIpc) is 3.09. The minimum Gasteiger partial charge on any atom is -0.368 e. The summed E-state index contributed by atoms with van der Waals surface area (Å²) in [4.78, 5) is 32.5. The molecule has 0 unspecified atom stereocenters. The van der Waals surface area contributed by atoms with Crippen molar-refractivity contribution in [3.63, 3.8) is 0 Å². The van der Waals surface area contributed by atoms with E-state index in [-0.39, 0.29) is 18.0 Å². The molecule has 3 aromatic heterocycles. The largest absolute Gasteiger partial charge is 0.368 e. The fourth-order valence-electron chi connectivity index (χ4n) is 4.21. The summed E-state index contributed by atoms with van der Waals surface area (Å²) in [6.45, 7) is 9.74. The highest BCUT2D eigenvalue weighted by Crippen LogP contribution is 2.24. The number of anilines is 4. The van der Waals surface area contributed by atoms with E-state index >= 15 is 0 Å². The second-order valence-corrected chi connectivity index (χ2v) is 8.51. The number of nitrogens with zero attached hydrogens (tertiary/aromatic N) is 8. The van der Waals surface area contributed by atoms with E-state index in [1.54, 1.807) is 10.7 Å². The Morgan fingerprint density at radius 1 is 1.12 bits per heavy atom. The Kier molecular flexibility index (Phi) is 4.95. The van der Waals surface area contributed by atoms with Gasteiger partial charge in [0.05, 0.1) is 17.6 Å². The molecular formula is C21H28N10O. The highest BCUT2D eigenvalue weighted by Gasteiger charge is 2.30. The third-order valence-corrected chi connectivity index (χ3v) is 6.21. The van der Waals surface area contributed by atoms with Crippen LogP contribution in [0, 0.1) is 13.8 Å². The smallest absolute Gasteiger partial charge is 0.322 e. The number of hydrogen-bond acceptors (Lipinski definition) is 8. The fraction of sp³-hybridized carbons (Fsp3) is 0.476. The van der Waals surface area contributed by atoms with Crippen LogP contribution in [-0.2, 0) is 0 Å². The lowest BCUT2D eigenvalue weighted by molar-refractivity contribution is 0.199. The second-order valence-electron chi connectivity index (χ2n) is 8.51. The molecule has 0 aromatic carbocycles. The van der Waals surface area contributed by atoms with Crippen molar-refractivity contribution in [3.05, 3.63) is 29.6 Å². The van der Waals surface area contributed by atoms with Crippen molar-refractivity contribution in [3.8, 4) is 0 Å². The van der Waals surface area contributed by atoms with Crippen LogP contribution in [0.1, 0.15) is 24.6 Å². The van der Waals surface area contributed by atoms with Crippen LogP contribution in [0.25, 0.3) is 5.65 Å². The summed E-state index contributed by atoms with van der Waals surface area (Å²) < 4.78 is 1.71. The molecule has 3 aromatic rings. The van der Waals surface area contributed by atoms with Crippen molar-refractivity contribution in [1.29, 1.82) is 0 Å². The third kappa shape index (κ3) is 3.53. The maximum absolute atomic E-state index is 13.0. The number of rotatable bonds is 3. The minimum atomic E-state index is -0.125. The van der Waals surface area contributed by atoms with Gasteiger partial charge in [0.15, 0.2) is 5.65 Å². The van der Waals surface area contributed by atoms with Gasteiger partial charge in [-0.15, -0.1) is 0 Å². The van der Waals surface area contributed by atoms with E-state index in [1.165, 1.54) is 6.42 Å². The van der Waals surface area contributed by atoms with Gasteiger partial charge in [-0.25, -0.2) is 9.78 Å². The van der Waals surface area contributed by atoms with Gasteiger partial charge in [0.25, 0.3) is 0 Å². The van der Waals surface area contributed by atoms with Crippen LogP contribution in [-0.4, -0.2) is 74.3 Å². The van der Waals surface area contributed by atoms with Crippen LogP contribution < -0.4 is 20.9 Å². The Hall–Kier alpha value is -3.63. The highest BCUT2D eigenvalue weighted by atomic mass is 16.2. The molecule has 0 bridgehead atoms. The molecular weight excluding hydrogens is 408 g/mol. The number of hydrogen-bond donors (Lipinski definition) is 2. The Balaban J connectivity index is 1.28. The molecule has 2 amide bonds. The van der Waals surface area contributed by atoms with E-state index in [0.29, 0.717) is 31.2 Å². The number of nitrogens with two attached hydrogens (primary N) is 1. The number of carbonyl (C=O) groups is 1. The molecule has 2 saturated heterocycles. The number of amides is 2. The van der Waals surface area contributed by atoms with Crippen molar-refractivity contribution < 1.29 is 4.79 Å². The van der Waals surface area contributed by atoms with Gasteiger partial charge in [-0.2, -0.15) is 19.6 Å². The topological polar surface area (TPSA) is 121 Å². The first-order valence-corrected chi connectivity index (χ1v) is 10.9. The number of urea groups is 1. The Morgan fingerprint density at radius 2 is 1.94 bits per heavy atom. The highest BCUT2D eigenvalue weighted by molar-refractivity contribution is 5.90. The maximum Gasteiger partial charge on any atom is 0.322 e. The Labute approximate surface area is 186 Å². The van der Waals surface area contributed by atoms with Crippen molar-refractivity contribution in [1.82, 2.24) is 29.5 Å². The summed E-state index contributed by atoms with van der Waals surface area (Å²) in [5.74, 6) is 1.83. The number of piperazine rings is 1. The van der Waals surface area contributed by atoms with E-state index in [0.717, 1.165) is 35.9 Å². The number of fused-ring (bicyclic) bond motifs is 1. The van der Waals surface area contributed by atoms with Crippen molar-refractivity contribution in [2.45, 2.75) is 33.2 Å². The first-order chi connectivity index (χ1) is 15.4. The normalized spacial score (nSPS) is 18.7. The molecule has 168 valence electrons. The lowest BCUT2D eigenvalue weighted by Crippen LogP contribution is -2.55. The molecule has 2 aliphatic rings. The zero-order valence-corrected chi connectivity index (χ0v) is 18.6. The molecule has 5 heterocycles. The van der Waals surface area contributed by atoms with Gasteiger partial charge in [-0.05, 0) is 39.3 Å². The SMILES string of the molecule is Cc1nc(N2CCC2)ccc1NC(=O)N1CCN(c2nc(N)nc3c(C)cnn23)[C@@H](C)C1. The van der Waals surface area contributed by atoms with Crippen LogP contribution in [0.5, 0.6) is 0 Å². The first-order valence-electron chi connectivity index (χ1n) is 10.9. The summed E-state index contributed by atoms with van der Waals surface area (Å²) in [5, 5.41) is 7.43. The number of aromatic nitrogens is 5. The van der Waals surface area contributed by atoms with E-state index in [1.807, 2.05) is 30.9 Å². The quantitative estimate of drug-likeness (QED) is 0.636. The average molecular weight is 437 g/mol. The first kappa shape index (κ1) is 20.3. The van der Waals surface area contributed by atoms with Crippen LogP contribution in [0.3, 0.4) is 0 Å². The zero-order chi connectivity index (χ0) is 22.4. The molecule has 11 nitrogen and oxygen atoms in total. The molecule has 5 rings (SSSR count). The van der Waals surface area contributed by atoms with E-state index < -0.39 is 0 Å². The van der Waals surface area contributed by atoms with E-state index in [9.17, 15) is 4.79 Å². The molecule has 11 heteroatoms. The molecule has 2 aliphatic heterocycles. The number of aryl methyl sites for hydroxylation is 2. The van der Waals surface area contributed by atoms with Crippen LogP contribution in [0.15, 0.2) is 18.3 Å². The Bertz CT molecular complexity index is 1170.